The predicted molar refractivity (Wildman–Crippen MR) is 108 cm³/mol. The quantitative estimate of drug-likeness (QED) is 0.272. The van der Waals surface area contributed by atoms with E-state index in [9.17, 15) is 19.7 Å². The molecule has 0 spiro atoms. The molecule has 1 aromatic carbocycles. The Hall–Kier alpha value is -2.94. The lowest BCUT2D eigenvalue weighted by molar-refractivity contribution is -0.384. The number of carbonyl (C=O) groups is 2. The van der Waals surface area contributed by atoms with Crippen LogP contribution in [0.15, 0.2) is 30.3 Å². The molecule has 9 heteroatoms. The number of hydrogen-bond donors (Lipinski definition) is 2. The van der Waals surface area contributed by atoms with Crippen LogP contribution in [-0.2, 0) is 16.0 Å². The van der Waals surface area contributed by atoms with Gasteiger partial charge in [0.15, 0.2) is 6.61 Å². The van der Waals surface area contributed by atoms with Crippen LogP contribution >= 0.6 is 11.3 Å². The third-order valence-electron chi connectivity index (χ3n) is 3.93. The maximum atomic E-state index is 12.1. The van der Waals surface area contributed by atoms with Crippen molar-refractivity contribution in [1.82, 2.24) is 5.32 Å². The molecule has 1 heterocycles. The standard InChI is InChI=1S/C19H23N3O5S/c1-3-4-14-11-17(28-13(14)2)19(24)27-12-18(23)21-10-9-20-15-5-7-16(8-6-15)22(25)26/h5-8,11,20H,3-4,9-10,12H2,1-2H3,(H,21,23). The molecule has 28 heavy (non-hydrogen) atoms. The molecular weight excluding hydrogens is 382 g/mol. The number of benzene rings is 1. The fourth-order valence-electron chi connectivity index (χ4n) is 2.50. The van der Waals surface area contributed by atoms with Crippen LogP contribution in [0.1, 0.15) is 33.5 Å². The van der Waals surface area contributed by atoms with Crippen molar-refractivity contribution in [3.8, 4) is 0 Å². The number of ether oxygens (including phenoxy) is 1. The monoisotopic (exact) mass is 405 g/mol. The highest BCUT2D eigenvalue weighted by Gasteiger charge is 2.14. The van der Waals surface area contributed by atoms with Gasteiger partial charge in [0, 0.05) is 35.8 Å². The zero-order valence-corrected chi connectivity index (χ0v) is 16.6. The number of nitro benzene ring substituents is 1. The second-order valence-electron chi connectivity index (χ2n) is 6.10. The van der Waals surface area contributed by atoms with Gasteiger partial charge in [-0.25, -0.2) is 4.79 Å². The second kappa shape index (κ2) is 10.4. The van der Waals surface area contributed by atoms with E-state index < -0.39 is 10.9 Å². The van der Waals surface area contributed by atoms with Gasteiger partial charge in [-0.15, -0.1) is 11.3 Å². The number of carbonyl (C=O) groups excluding carboxylic acids is 2. The van der Waals surface area contributed by atoms with Crippen LogP contribution in [-0.4, -0.2) is 36.5 Å². The van der Waals surface area contributed by atoms with Gasteiger partial charge in [-0.3, -0.25) is 14.9 Å². The smallest absolute Gasteiger partial charge is 0.348 e. The van der Waals surface area contributed by atoms with Gasteiger partial charge in [-0.1, -0.05) is 13.3 Å². The van der Waals surface area contributed by atoms with Crippen molar-refractivity contribution in [3.05, 3.63) is 55.8 Å². The topological polar surface area (TPSA) is 111 Å². The Labute approximate surface area is 167 Å². The summed E-state index contributed by atoms with van der Waals surface area (Å²) in [7, 11) is 0. The number of non-ortho nitro benzene ring substituents is 1. The van der Waals surface area contributed by atoms with Crippen LogP contribution in [0.3, 0.4) is 0 Å². The van der Waals surface area contributed by atoms with Gasteiger partial charge >= 0.3 is 5.97 Å². The number of rotatable bonds is 10. The van der Waals surface area contributed by atoms with Crippen molar-refractivity contribution < 1.29 is 19.2 Å². The molecule has 0 saturated carbocycles. The van der Waals surface area contributed by atoms with Gasteiger partial charge in [0.05, 0.1) is 4.92 Å². The van der Waals surface area contributed by atoms with E-state index in [0.717, 1.165) is 23.3 Å². The summed E-state index contributed by atoms with van der Waals surface area (Å²) in [5.74, 6) is -0.879. The number of nitro groups is 1. The minimum Gasteiger partial charge on any atom is -0.451 e. The van der Waals surface area contributed by atoms with Gasteiger partial charge < -0.3 is 15.4 Å². The highest BCUT2D eigenvalue weighted by Crippen LogP contribution is 2.23. The average Bonchev–Trinajstić information content (AvgIpc) is 3.04. The number of thiophene rings is 1. The first-order valence-electron chi connectivity index (χ1n) is 8.92. The fraction of sp³-hybridized carbons (Fsp3) is 0.368. The first kappa shape index (κ1) is 21.4. The molecule has 8 nitrogen and oxygen atoms in total. The Morgan fingerprint density at radius 3 is 2.57 bits per heavy atom. The van der Waals surface area contributed by atoms with Crippen molar-refractivity contribution in [2.75, 3.05) is 25.0 Å². The lowest BCUT2D eigenvalue weighted by Gasteiger charge is -2.08. The van der Waals surface area contributed by atoms with Crippen LogP contribution < -0.4 is 10.6 Å². The lowest BCUT2D eigenvalue weighted by Crippen LogP contribution is -2.32. The SMILES string of the molecule is CCCc1cc(C(=O)OCC(=O)NCCNc2ccc([N+](=O)[O-])cc2)sc1C. The molecule has 0 aliphatic rings. The molecule has 0 saturated heterocycles. The summed E-state index contributed by atoms with van der Waals surface area (Å²) in [5.41, 5.74) is 1.87. The molecule has 2 rings (SSSR count). The normalized spacial score (nSPS) is 10.4. The molecular formula is C19H23N3O5S. The zero-order chi connectivity index (χ0) is 20.5. The molecule has 2 N–H and O–H groups in total. The van der Waals surface area contributed by atoms with E-state index in [1.54, 1.807) is 12.1 Å². The van der Waals surface area contributed by atoms with Crippen LogP contribution in [0.4, 0.5) is 11.4 Å². The van der Waals surface area contributed by atoms with Gasteiger partial charge in [-0.05, 0) is 37.1 Å². The Bertz CT molecular complexity index is 833. The van der Waals surface area contributed by atoms with E-state index in [0.29, 0.717) is 23.7 Å². The molecule has 1 aromatic heterocycles. The minimum absolute atomic E-state index is 0.0171. The van der Waals surface area contributed by atoms with Crippen LogP contribution in [0, 0.1) is 17.0 Å². The van der Waals surface area contributed by atoms with Gasteiger partial charge in [0.25, 0.3) is 11.6 Å². The highest BCUT2D eigenvalue weighted by molar-refractivity contribution is 7.14. The molecule has 1 amide bonds. The van der Waals surface area contributed by atoms with Crippen molar-refractivity contribution in [3.63, 3.8) is 0 Å². The molecule has 2 aromatic rings. The predicted octanol–water partition coefficient (Wildman–Crippen LogP) is 3.30. The third kappa shape index (κ3) is 6.34. The largest absolute Gasteiger partial charge is 0.451 e. The van der Waals surface area contributed by atoms with Crippen LogP contribution in [0.2, 0.25) is 0 Å². The number of anilines is 1. The Morgan fingerprint density at radius 1 is 1.21 bits per heavy atom. The van der Waals surface area contributed by atoms with E-state index in [4.69, 9.17) is 4.74 Å². The van der Waals surface area contributed by atoms with Crippen molar-refractivity contribution in [1.29, 1.82) is 0 Å². The van der Waals surface area contributed by atoms with E-state index in [-0.39, 0.29) is 18.2 Å². The maximum absolute atomic E-state index is 12.1. The van der Waals surface area contributed by atoms with E-state index >= 15 is 0 Å². The third-order valence-corrected chi connectivity index (χ3v) is 5.00. The summed E-state index contributed by atoms with van der Waals surface area (Å²) in [6.45, 7) is 4.47. The number of nitrogens with zero attached hydrogens (tertiary/aromatic N) is 1. The van der Waals surface area contributed by atoms with Crippen molar-refractivity contribution >= 4 is 34.6 Å². The van der Waals surface area contributed by atoms with Gasteiger partial charge in [0.1, 0.15) is 4.88 Å². The zero-order valence-electron chi connectivity index (χ0n) is 15.8. The number of nitrogens with one attached hydrogen (secondary N) is 2. The summed E-state index contributed by atoms with van der Waals surface area (Å²) in [6.07, 6.45) is 1.92. The maximum Gasteiger partial charge on any atom is 0.348 e. The molecule has 0 aliphatic heterocycles. The summed E-state index contributed by atoms with van der Waals surface area (Å²) in [5, 5.41) is 16.3. The first-order chi connectivity index (χ1) is 13.4. The fourth-order valence-corrected chi connectivity index (χ4v) is 3.47. The number of aryl methyl sites for hydroxylation is 2. The first-order valence-corrected chi connectivity index (χ1v) is 9.73. The lowest BCUT2D eigenvalue weighted by atomic mass is 10.1. The Morgan fingerprint density at radius 2 is 1.93 bits per heavy atom. The Balaban J connectivity index is 1.67. The minimum atomic E-state index is -0.491. The number of hydrogen-bond acceptors (Lipinski definition) is 7. The number of esters is 1. The number of amides is 1. The summed E-state index contributed by atoms with van der Waals surface area (Å²) >= 11 is 1.38. The van der Waals surface area contributed by atoms with Crippen molar-refractivity contribution in [2.24, 2.45) is 0 Å². The van der Waals surface area contributed by atoms with Gasteiger partial charge in [-0.2, -0.15) is 0 Å². The summed E-state index contributed by atoms with van der Waals surface area (Å²) < 4.78 is 5.06. The molecule has 0 unspecified atom stereocenters. The molecule has 0 fully saturated rings. The average molecular weight is 405 g/mol. The molecule has 0 radical (unpaired) electrons. The van der Waals surface area contributed by atoms with E-state index in [2.05, 4.69) is 17.6 Å². The summed E-state index contributed by atoms with van der Waals surface area (Å²) in [6, 6.07) is 7.82. The summed E-state index contributed by atoms with van der Waals surface area (Å²) in [4.78, 5) is 35.6. The Kier molecular flexibility index (Phi) is 7.94. The molecule has 150 valence electrons. The van der Waals surface area contributed by atoms with Crippen LogP contribution in [0.5, 0.6) is 0 Å². The van der Waals surface area contributed by atoms with E-state index in [1.165, 1.54) is 23.5 Å². The molecule has 0 atom stereocenters. The second-order valence-corrected chi connectivity index (χ2v) is 7.36. The van der Waals surface area contributed by atoms with Gasteiger partial charge in [0.2, 0.25) is 0 Å². The van der Waals surface area contributed by atoms with Crippen molar-refractivity contribution in [2.45, 2.75) is 26.7 Å². The highest BCUT2D eigenvalue weighted by atomic mass is 32.1. The molecule has 0 bridgehead atoms. The van der Waals surface area contributed by atoms with E-state index in [1.807, 2.05) is 13.0 Å². The molecule has 0 aliphatic carbocycles. The van der Waals surface area contributed by atoms with Crippen LogP contribution in [0.25, 0.3) is 0 Å².